The van der Waals surface area contributed by atoms with Gasteiger partial charge in [-0.1, -0.05) is 52.0 Å². The van der Waals surface area contributed by atoms with Gasteiger partial charge in [0.05, 0.1) is 0 Å². The molecule has 1 rings (SSSR count). The van der Waals surface area contributed by atoms with Crippen molar-refractivity contribution in [3.8, 4) is 0 Å². The standard InChI is InChI=1S/C15H26O/c1-4-12(2)6-5-7-13(3)10-14-8-9-15(16)11-14/h11-13H,4-10H2,1-3H3. The van der Waals surface area contributed by atoms with Gasteiger partial charge in [0.1, 0.15) is 0 Å². The number of allylic oxidation sites excluding steroid dienone is 2. The van der Waals surface area contributed by atoms with Gasteiger partial charge >= 0.3 is 0 Å². The lowest BCUT2D eigenvalue weighted by molar-refractivity contribution is -0.114. The Hall–Kier alpha value is -0.590. The lowest BCUT2D eigenvalue weighted by Crippen LogP contribution is -1.99. The van der Waals surface area contributed by atoms with Crippen molar-refractivity contribution >= 4 is 5.78 Å². The highest BCUT2D eigenvalue weighted by Gasteiger charge is 2.14. The second-order valence-electron chi connectivity index (χ2n) is 5.52. The van der Waals surface area contributed by atoms with Gasteiger partial charge in [0, 0.05) is 6.42 Å². The highest BCUT2D eigenvalue weighted by Crippen LogP contribution is 2.25. The molecule has 0 aromatic heterocycles. The van der Waals surface area contributed by atoms with Gasteiger partial charge in [0.15, 0.2) is 5.78 Å². The Balaban J connectivity index is 2.13. The Kier molecular flexibility index (Phi) is 5.79. The highest BCUT2D eigenvalue weighted by molar-refractivity contribution is 5.92. The van der Waals surface area contributed by atoms with Crippen LogP contribution in [0.3, 0.4) is 0 Å². The largest absolute Gasteiger partial charge is 0.295 e. The molecule has 0 saturated carbocycles. The maximum absolute atomic E-state index is 11.1. The highest BCUT2D eigenvalue weighted by atomic mass is 16.1. The molecule has 0 N–H and O–H groups in total. The summed E-state index contributed by atoms with van der Waals surface area (Å²) in [7, 11) is 0. The molecule has 2 atom stereocenters. The molecule has 92 valence electrons. The van der Waals surface area contributed by atoms with E-state index in [-0.39, 0.29) is 0 Å². The number of hydrogen-bond acceptors (Lipinski definition) is 1. The summed E-state index contributed by atoms with van der Waals surface area (Å²) < 4.78 is 0. The van der Waals surface area contributed by atoms with Crippen LogP contribution < -0.4 is 0 Å². The molecule has 0 fully saturated rings. The fourth-order valence-corrected chi connectivity index (χ4v) is 2.39. The third kappa shape index (κ3) is 4.96. The second-order valence-corrected chi connectivity index (χ2v) is 5.52. The van der Waals surface area contributed by atoms with Crippen LogP contribution in [0.4, 0.5) is 0 Å². The van der Waals surface area contributed by atoms with Crippen LogP contribution in [0, 0.1) is 11.8 Å². The number of ketones is 1. The molecule has 1 aliphatic rings. The Morgan fingerprint density at radius 3 is 2.44 bits per heavy atom. The Morgan fingerprint density at radius 2 is 1.88 bits per heavy atom. The van der Waals surface area contributed by atoms with Crippen molar-refractivity contribution in [1.29, 1.82) is 0 Å². The number of carbonyl (C=O) groups excluding carboxylic acids is 1. The summed E-state index contributed by atoms with van der Waals surface area (Å²) >= 11 is 0. The van der Waals surface area contributed by atoms with E-state index in [1.165, 1.54) is 31.3 Å². The van der Waals surface area contributed by atoms with E-state index < -0.39 is 0 Å². The molecule has 16 heavy (non-hydrogen) atoms. The van der Waals surface area contributed by atoms with Gasteiger partial charge in [0.25, 0.3) is 0 Å². The van der Waals surface area contributed by atoms with Crippen LogP contribution in [0.5, 0.6) is 0 Å². The van der Waals surface area contributed by atoms with E-state index in [0.717, 1.165) is 31.1 Å². The van der Waals surface area contributed by atoms with Gasteiger partial charge in [-0.2, -0.15) is 0 Å². The average Bonchev–Trinajstić information content (AvgIpc) is 2.63. The normalized spacial score (nSPS) is 19.7. The van der Waals surface area contributed by atoms with Crippen molar-refractivity contribution in [3.05, 3.63) is 11.6 Å². The third-order valence-electron chi connectivity index (χ3n) is 3.76. The summed E-state index contributed by atoms with van der Waals surface area (Å²) in [5, 5.41) is 0. The van der Waals surface area contributed by atoms with Gasteiger partial charge in [-0.15, -0.1) is 0 Å². The number of rotatable bonds is 7. The van der Waals surface area contributed by atoms with E-state index in [1.54, 1.807) is 0 Å². The summed E-state index contributed by atoms with van der Waals surface area (Å²) in [5.41, 5.74) is 1.39. The first-order valence-electron chi connectivity index (χ1n) is 6.84. The molecule has 0 aliphatic heterocycles. The number of hydrogen-bond donors (Lipinski definition) is 0. The van der Waals surface area contributed by atoms with Crippen molar-refractivity contribution in [3.63, 3.8) is 0 Å². The summed E-state index contributed by atoms with van der Waals surface area (Å²) in [4.78, 5) is 11.1. The predicted molar refractivity (Wildman–Crippen MR) is 69.4 cm³/mol. The molecular formula is C15H26O. The third-order valence-corrected chi connectivity index (χ3v) is 3.76. The van der Waals surface area contributed by atoms with Crippen molar-refractivity contribution in [1.82, 2.24) is 0 Å². The Labute approximate surface area is 100 Å². The average molecular weight is 222 g/mol. The van der Waals surface area contributed by atoms with Crippen LogP contribution in [-0.2, 0) is 4.79 Å². The lowest BCUT2D eigenvalue weighted by Gasteiger charge is -2.13. The van der Waals surface area contributed by atoms with Crippen LogP contribution in [-0.4, -0.2) is 5.78 Å². The Morgan fingerprint density at radius 1 is 1.19 bits per heavy atom. The topological polar surface area (TPSA) is 17.1 Å². The first kappa shape index (κ1) is 13.5. The monoisotopic (exact) mass is 222 g/mol. The van der Waals surface area contributed by atoms with Crippen molar-refractivity contribution < 1.29 is 4.79 Å². The fraction of sp³-hybridized carbons (Fsp3) is 0.800. The summed E-state index contributed by atoms with van der Waals surface area (Å²) in [5.74, 6) is 1.96. The van der Waals surface area contributed by atoms with Crippen LogP contribution in [0.25, 0.3) is 0 Å². The maximum atomic E-state index is 11.1. The van der Waals surface area contributed by atoms with Crippen LogP contribution in [0.15, 0.2) is 11.6 Å². The molecule has 0 spiro atoms. The van der Waals surface area contributed by atoms with Crippen LogP contribution in [0.2, 0.25) is 0 Å². The van der Waals surface area contributed by atoms with E-state index in [4.69, 9.17) is 0 Å². The zero-order chi connectivity index (χ0) is 12.0. The predicted octanol–water partition coefficient (Wildman–Crippen LogP) is 4.52. The Bertz CT molecular complexity index is 252. The van der Waals surface area contributed by atoms with E-state index in [1.807, 2.05) is 6.08 Å². The SMILES string of the molecule is CCC(C)CCCC(C)CC1=CC(=O)CC1. The zero-order valence-corrected chi connectivity index (χ0v) is 11.1. The molecule has 1 nitrogen and oxygen atoms in total. The van der Waals surface area contributed by atoms with E-state index >= 15 is 0 Å². The van der Waals surface area contributed by atoms with Gasteiger partial charge in [-0.3, -0.25) is 4.79 Å². The minimum absolute atomic E-state index is 0.335. The van der Waals surface area contributed by atoms with Crippen molar-refractivity contribution in [2.45, 2.75) is 65.7 Å². The fourth-order valence-electron chi connectivity index (χ4n) is 2.39. The molecule has 0 amide bonds. The molecule has 0 bridgehead atoms. The van der Waals surface area contributed by atoms with Gasteiger partial charge in [-0.25, -0.2) is 0 Å². The second kappa shape index (κ2) is 6.88. The molecule has 0 aromatic carbocycles. The summed E-state index contributed by atoms with van der Waals surface area (Å²) in [6.45, 7) is 6.92. The zero-order valence-electron chi connectivity index (χ0n) is 11.1. The smallest absolute Gasteiger partial charge is 0.155 e. The van der Waals surface area contributed by atoms with E-state index in [0.29, 0.717) is 5.78 Å². The molecule has 0 heterocycles. The molecule has 0 saturated heterocycles. The first-order valence-corrected chi connectivity index (χ1v) is 6.84. The molecular weight excluding hydrogens is 196 g/mol. The van der Waals surface area contributed by atoms with Gasteiger partial charge < -0.3 is 0 Å². The lowest BCUT2D eigenvalue weighted by atomic mass is 9.93. The minimum Gasteiger partial charge on any atom is -0.295 e. The molecule has 2 unspecified atom stereocenters. The molecule has 0 aromatic rings. The molecule has 1 heteroatoms. The summed E-state index contributed by atoms with van der Waals surface area (Å²) in [6, 6.07) is 0. The van der Waals surface area contributed by atoms with E-state index in [9.17, 15) is 4.79 Å². The van der Waals surface area contributed by atoms with Gasteiger partial charge in [-0.05, 0) is 30.8 Å². The van der Waals surface area contributed by atoms with Crippen molar-refractivity contribution in [2.24, 2.45) is 11.8 Å². The minimum atomic E-state index is 0.335. The summed E-state index contributed by atoms with van der Waals surface area (Å²) in [6.07, 6.45) is 10.1. The quantitative estimate of drug-likeness (QED) is 0.619. The van der Waals surface area contributed by atoms with Crippen molar-refractivity contribution in [2.75, 3.05) is 0 Å². The first-order chi connectivity index (χ1) is 7.61. The molecule has 1 aliphatic carbocycles. The van der Waals surface area contributed by atoms with Gasteiger partial charge in [0.2, 0.25) is 0 Å². The number of carbonyl (C=O) groups is 1. The molecule has 0 radical (unpaired) electrons. The van der Waals surface area contributed by atoms with Crippen LogP contribution in [0.1, 0.15) is 65.7 Å². The van der Waals surface area contributed by atoms with Crippen LogP contribution >= 0.6 is 0 Å². The van der Waals surface area contributed by atoms with E-state index in [2.05, 4.69) is 20.8 Å². The maximum Gasteiger partial charge on any atom is 0.155 e.